The van der Waals surface area contributed by atoms with Crippen LogP contribution in [0.15, 0.2) is 73.1 Å². The molecule has 3 N–H and O–H groups in total. The van der Waals surface area contributed by atoms with Crippen LogP contribution in [0.25, 0.3) is 5.57 Å². The smallest absolute Gasteiger partial charge is 0.383 e. The fraction of sp³-hybridized carbons (Fsp3) is 0.241. The molecule has 8 nitrogen and oxygen atoms in total. The summed E-state index contributed by atoms with van der Waals surface area (Å²) in [5.41, 5.74) is 2.41. The lowest BCUT2D eigenvalue weighted by Crippen LogP contribution is -2.34. The Bertz CT molecular complexity index is 1470. The minimum atomic E-state index is -4.46. The summed E-state index contributed by atoms with van der Waals surface area (Å²) in [4.78, 5) is 35.4. The zero-order chi connectivity index (χ0) is 28.3. The van der Waals surface area contributed by atoms with E-state index in [0.29, 0.717) is 39.6 Å². The Morgan fingerprint density at radius 3 is 2.39 bits per heavy atom. The number of carbonyl (C=O) groups excluding carboxylic acids is 2. The average Bonchev–Trinajstić information content (AvgIpc) is 3.47. The lowest BCUT2D eigenvalue weighted by atomic mass is 9.98. The summed E-state index contributed by atoms with van der Waals surface area (Å²) in [6.07, 6.45) is 4.13. The van der Waals surface area contributed by atoms with Gasteiger partial charge in [0.2, 0.25) is 11.9 Å². The van der Waals surface area contributed by atoms with Crippen LogP contribution in [0.4, 0.5) is 30.5 Å². The molecule has 0 saturated carbocycles. The second-order valence-corrected chi connectivity index (χ2v) is 9.51. The third kappa shape index (κ3) is 6.93. The fourth-order valence-electron chi connectivity index (χ4n) is 4.69. The van der Waals surface area contributed by atoms with Gasteiger partial charge in [-0.15, -0.1) is 12.4 Å². The van der Waals surface area contributed by atoms with Gasteiger partial charge in [0.25, 0.3) is 5.91 Å². The van der Waals surface area contributed by atoms with Gasteiger partial charge in [0, 0.05) is 60.5 Å². The topological polar surface area (TPSA) is 107 Å². The Balaban J connectivity index is 0.00000387. The number of benzene rings is 2. The summed E-state index contributed by atoms with van der Waals surface area (Å²) >= 11 is 0. The third-order valence-electron chi connectivity index (χ3n) is 6.76. The van der Waals surface area contributed by atoms with E-state index in [9.17, 15) is 27.9 Å². The number of hydrogen-bond donors (Lipinski definition) is 3. The summed E-state index contributed by atoms with van der Waals surface area (Å²) in [5.74, 6) is -0.381. The first-order valence-electron chi connectivity index (χ1n) is 12.7. The minimum absolute atomic E-state index is 0. The Morgan fingerprint density at radius 1 is 1.05 bits per heavy atom. The van der Waals surface area contributed by atoms with Crippen molar-refractivity contribution in [3.8, 4) is 0 Å². The molecule has 3 aromatic rings. The molecule has 2 aliphatic heterocycles. The minimum Gasteiger partial charge on any atom is -0.383 e. The maximum Gasteiger partial charge on any atom is 0.416 e. The van der Waals surface area contributed by atoms with Crippen molar-refractivity contribution in [1.29, 1.82) is 0 Å². The van der Waals surface area contributed by atoms with Gasteiger partial charge in [-0.1, -0.05) is 30.4 Å². The highest BCUT2D eigenvalue weighted by Gasteiger charge is 2.30. The SMILES string of the molecule is Cl.O=C(C=CC=C(c1ccc(C(F)(F)F)cc1)c1cnc(N2CCCC2)nc1)Nc1cccc2c1CC(O)C(=O)N2. The van der Waals surface area contributed by atoms with E-state index in [0.717, 1.165) is 38.1 Å². The van der Waals surface area contributed by atoms with Gasteiger partial charge in [0.05, 0.1) is 5.56 Å². The van der Waals surface area contributed by atoms with Crippen molar-refractivity contribution in [3.63, 3.8) is 0 Å². The maximum atomic E-state index is 13.1. The zero-order valence-electron chi connectivity index (χ0n) is 21.7. The van der Waals surface area contributed by atoms with Crippen LogP contribution in [0.5, 0.6) is 0 Å². The first kappa shape index (κ1) is 29.8. The Labute approximate surface area is 240 Å². The first-order chi connectivity index (χ1) is 19.2. The number of rotatable bonds is 6. The van der Waals surface area contributed by atoms with Crippen LogP contribution < -0.4 is 15.5 Å². The number of carbonyl (C=O) groups is 2. The normalized spacial score (nSPS) is 17.2. The molecule has 0 bridgehead atoms. The summed E-state index contributed by atoms with van der Waals surface area (Å²) < 4.78 is 39.4. The molecule has 41 heavy (non-hydrogen) atoms. The molecule has 1 aromatic heterocycles. The van der Waals surface area contributed by atoms with E-state index in [4.69, 9.17) is 0 Å². The second-order valence-electron chi connectivity index (χ2n) is 9.51. The molecule has 1 unspecified atom stereocenters. The number of aliphatic hydroxyl groups excluding tert-OH is 1. The van der Waals surface area contributed by atoms with E-state index in [1.165, 1.54) is 24.3 Å². The van der Waals surface area contributed by atoms with Crippen molar-refractivity contribution in [3.05, 3.63) is 95.3 Å². The summed E-state index contributed by atoms with van der Waals surface area (Å²) in [5, 5.41) is 15.3. The number of allylic oxidation sites excluding steroid dienone is 2. The van der Waals surface area contributed by atoms with E-state index in [1.807, 2.05) is 0 Å². The fourth-order valence-corrected chi connectivity index (χ4v) is 4.69. The second kappa shape index (κ2) is 12.5. The van der Waals surface area contributed by atoms with Crippen LogP contribution in [-0.2, 0) is 22.2 Å². The van der Waals surface area contributed by atoms with Gasteiger partial charge < -0.3 is 20.6 Å². The van der Waals surface area contributed by atoms with Gasteiger partial charge in [-0.2, -0.15) is 13.2 Å². The van der Waals surface area contributed by atoms with Gasteiger partial charge in [-0.25, -0.2) is 9.97 Å². The van der Waals surface area contributed by atoms with Crippen LogP contribution in [-0.4, -0.2) is 46.1 Å². The number of amides is 2. The van der Waals surface area contributed by atoms with Crippen molar-refractivity contribution in [2.24, 2.45) is 0 Å². The predicted molar refractivity (Wildman–Crippen MR) is 152 cm³/mol. The standard InChI is InChI=1S/C29H26F3N5O3.ClH/c30-29(31,32)20-11-9-18(10-12-20)21(19-16-33-28(34-17-19)37-13-1-2-14-37)5-3-8-26(39)35-23-6-4-7-24-22(23)15-25(38)27(40)36-24;/h3-12,16-17,25,38H,1-2,13-15H2,(H,35,39)(H,36,40);1H. The summed E-state index contributed by atoms with van der Waals surface area (Å²) in [6.45, 7) is 1.74. The number of nitrogens with zero attached hydrogens (tertiary/aromatic N) is 3. The lowest BCUT2D eigenvalue weighted by Gasteiger charge is -2.23. The molecular formula is C29H27ClF3N5O3. The van der Waals surface area contributed by atoms with Gasteiger partial charge in [0.1, 0.15) is 6.10 Å². The summed E-state index contributed by atoms with van der Waals surface area (Å²) in [7, 11) is 0. The maximum absolute atomic E-state index is 13.1. The van der Waals surface area contributed by atoms with Crippen molar-refractivity contribution in [2.45, 2.75) is 31.5 Å². The van der Waals surface area contributed by atoms with Gasteiger partial charge in [-0.3, -0.25) is 9.59 Å². The van der Waals surface area contributed by atoms with Crippen LogP contribution in [0.1, 0.15) is 35.1 Å². The number of hydrogen-bond acceptors (Lipinski definition) is 6. The highest BCUT2D eigenvalue weighted by molar-refractivity contribution is 6.03. The van der Waals surface area contributed by atoms with Gasteiger partial charge in [0.15, 0.2) is 0 Å². The van der Waals surface area contributed by atoms with E-state index in [-0.39, 0.29) is 18.8 Å². The number of aliphatic hydroxyl groups is 1. The van der Waals surface area contributed by atoms with Crippen molar-refractivity contribution < 1.29 is 27.9 Å². The number of fused-ring (bicyclic) bond motifs is 1. The van der Waals surface area contributed by atoms with E-state index >= 15 is 0 Å². The van der Waals surface area contributed by atoms with Gasteiger partial charge >= 0.3 is 6.18 Å². The predicted octanol–water partition coefficient (Wildman–Crippen LogP) is 5.00. The molecule has 0 aliphatic carbocycles. The Kier molecular flexibility index (Phi) is 9.09. The van der Waals surface area contributed by atoms with Crippen LogP contribution >= 0.6 is 12.4 Å². The molecule has 2 aromatic carbocycles. The molecule has 0 spiro atoms. The number of aromatic nitrogens is 2. The summed E-state index contributed by atoms with van der Waals surface area (Å²) in [6, 6.07) is 9.76. The largest absolute Gasteiger partial charge is 0.416 e. The molecule has 1 atom stereocenters. The molecule has 2 amide bonds. The quantitative estimate of drug-likeness (QED) is 0.278. The van der Waals surface area contributed by atoms with Crippen LogP contribution in [0, 0.1) is 0 Å². The molecule has 3 heterocycles. The van der Waals surface area contributed by atoms with Crippen LogP contribution in [0.3, 0.4) is 0 Å². The van der Waals surface area contributed by atoms with E-state index in [1.54, 1.807) is 36.7 Å². The zero-order valence-corrected chi connectivity index (χ0v) is 22.5. The highest BCUT2D eigenvalue weighted by Crippen LogP contribution is 2.32. The van der Waals surface area contributed by atoms with Crippen LogP contribution in [0.2, 0.25) is 0 Å². The third-order valence-corrected chi connectivity index (χ3v) is 6.76. The molecule has 1 fully saturated rings. The van der Waals surface area contributed by atoms with Gasteiger partial charge in [-0.05, 0) is 48.2 Å². The monoisotopic (exact) mass is 585 g/mol. The first-order valence-corrected chi connectivity index (χ1v) is 12.7. The van der Waals surface area contributed by atoms with E-state index in [2.05, 4.69) is 25.5 Å². The highest BCUT2D eigenvalue weighted by atomic mass is 35.5. The molecule has 12 heteroatoms. The lowest BCUT2D eigenvalue weighted by molar-refractivity contribution is -0.137. The van der Waals surface area contributed by atoms with Crippen molar-refractivity contribution >= 4 is 47.1 Å². The number of nitrogens with one attached hydrogen (secondary N) is 2. The molecule has 2 aliphatic rings. The number of alkyl halides is 3. The van der Waals surface area contributed by atoms with Crippen molar-refractivity contribution in [1.82, 2.24) is 9.97 Å². The molecule has 5 rings (SSSR count). The molecule has 1 saturated heterocycles. The Morgan fingerprint density at radius 2 is 1.73 bits per heavy atom. The Hall–Kier alpha value is -4.22. The molecular weight excluding hydrogens is 559 g/mol. The average molecular weight is 586 g/mol. The molecule has 214 valence electrons. The number of anilines is 3. The molecule has 0 radical (unpaired) electrons. The van der Waals surface area contributed by atoms with E-state index < -0.39 is 29.7 Å². The number of halogens is 4. The van der Waals surface area contributed by atoms with Crippen molar-refractivity contribution in [2.75, 3.05) is 28.6 Å².